The number of ether oxygens (including phenoxy) is 1. The van der Waals surface area contributed by atoms with E-state index in [1.165, 1.54) is 45.6 Å². The van der Waals surface area contributed by atoms with Crippen LogP contribution in [0.25, 0.3) is 0 Å². The summed E-state index contributed by atoms with van der Waals surface area (Å²) in [5, 5.41) is 18.8. The Balaban J connectivity index is 1.40. The van der Waals surface area contributed by atoms with Crippen LogP contribution < -0.4 is 10.6 Å². The van der Waals surface area contributed by atoms with Crippen molar-refractivity contribution in [1.29, 1.82) is 0 Å². The van der Waals surface area contributed by atoms with Gasteiger partial charge in [0, 0.05) is 31.6 Å². The van der Waals surface area contributed by atoms with E-state index in [2.05, 4.69) is 45.3 Å². The maximum Gasteiger partial charge on any atom is 0.305 e. The molecule has 35 heavy (non-hydrogen) atoms. The minimum absolute atomic E-state index is 0.0732. The fourth-order valence-electron chi connectivity index (χ4n) is 9.75. The highest BCUT2D eigenvalue weighted by atomic mass is 16.5. The summed E-state index contributed by atoms with van der Waals surface area (Å²) in [7, 11) is 1.50. The Morgan fingerprint density at radius 2 is 1.69 bits per heavy atom. The number of aliphatic hydroxyl groups excluding tert-OH is 1. The van der Waals surface area contributed by atoms with Crippen LogP contribution in [0.2, 0.25) is 0 Å². The van der Waals surface area contributed by atoms with E-state index < -0.39 is 0 Å². The van der Waals surface area contributed by atoms with Crippen molar-refractivity contribution in [1.82, 2.24) is 10.6 Å². The van der Waals surface area contributed by atoms with E-state index in [0.717, 1.165) is 44.2 Å². The number of aliphatic hydroxyl groups is 1. The van der Waals surface area contributed by atoms with E-state index in [1.54, 1.807) is 0 Å². The molecule has 4 rings (SSSR count). The Labute approximate surface area is 214 Å². The monoisotopic (exact) mass is 490 g/mol. The Hall–Kier alpha value is -0.650. The molecule has 0 spiro atoms. The number of carbonyl (C=O) groups excluding carboxylic acids is 1. The molecule has 0 saturated heterocycles. The van der Waals surface area contributed by atoms with Crippen LogP contribution in [0.15, 0.2) is 0 Å². The van der Waals surface area contributed by atoms with Crippen molar-refractivity contribution >= 4 is 5.97 Å². The standard InChI is InChI=1S/C30H54N2O3/c1-19(2)31-15-16-32-21-11-13-30(5)25-12-14-29(4)23(20(3)7-10-28(34)35-6)8-9-24(29)22(25)18-27(33)26(30)17-21/h19-27,31-33H,7-18H2,1-6H3/t20-,21?,22?,23-,24?,25?,26-,27-,29-,30-/m1/s1. The third kappa shape index (κ3) is 5.34. The van der Waals surface area contributed by atoms with E-state index in [4.69, 9.17) is 4.74 Å². The molecule has 0 aromatic rings. The van der Waals surface area contributed by atoms with Gasteiger partial charge >= 0.3 is 5.97 Å². The quantitative estimate of drug-likeness (QED) is 0.308. The van der Waals surface area contributed by atoms with E-state index >= 15 is 0 Å². The third-order valence-electron chi connectivity index (χ3n) is 11.6. The van der Waals surface area contributed by atoms with E-state index in [1.807, 2.05) is 0 Å². The number of esters is 1. The van der Waals surface area contributed by atoms with Gasteiger partial charge in [-0.25, -0.2) is 0 Å². The van der Waals surface area contributed by atoms with Crippen molar-refractivity contribution < 1.29 is 14.6 Å². The molecule has 5 nitrogen and oxygen atoms in total. The first-order valence-corrected chi connectivity index (χ1v) is 14.8. The zero-order chi connectivity index (χ0) is 25.4. The average molecular weight is 491 g/mol. The van der Waals surface area contributed by atoms with Crippen LogP contribution >= 0.6 is 0 Å². The number of hydrogen-bond donors (Lipinski definition) is 3. The van der Waals surface area contributed by atoms with E-state index in [0.29, 0.717) is 47.6 Å². The maximum atomic E-state index is 11.8. The van der Waals surface area contributed by atoms with Gasteiger partial charge in [-0.1, -0.05) is 34.6 Å². The second-order valence-electron chi connectivity index (χ2n) is 13.6. The molecule has 4 saturated carbocycles. The highest BCUT2D eigenvalue weighted by Gasteiger charge is 2.62. The zero-order valence-electron chi connectivity index (χ0n) is 23.4. The Kier molecular flexibility index (Phi) is 8.60. The molecule has 202 valence electrons. The van der Waals surface area contributed by atoms with Crippen LogP contribution in [0.1, 0.15) is 98.8 Å². The molecule has 5 heteroatoms. The molecule has 0 bridgehead atoms. The molecule has 0 aromatic heterocycles. The van der Waals surface area contributed by atoms with Gasteiger partial charge in [0.05, 0.1) is 13.2 Å². The number of carbonyl (C=O) groups is 1. The van der Waals surface area contributed by atoms with E-state index in [-0.39, 0.29) is 17.5 Å². The SMILES string of the molecule is COC(=O)CC[C@@H](C)[C@H]1CCC2C3C[C@@H](O)[C@H]4CC(NCCNC(C)C)CC[C@]4(C)C3CC[C@@]21C. The predicted molar refractivity (Wildman–Crippen MR) is 142 cm³/mol. The topological polar surface area (TPSA) is 70.6 Å². The second-order valence-corrected chi connectivity index (χ2v) is 13.6. The smallest absolute Gasteiger partial charge is 0.305 e. The molecule has 4 unspecified atom stereocenters. The summed E-state index contributed by atoms with van der Waals surface area (Å²) in [6, 6.07) is 1.08. The first-order chi connectivity index (χ1) is 16.6. The molecule has 4 aliphatic rings. The molecule has 0 aliphatic heterocycles. The van der Waals surface area contributed by atoms with Gasteiger partial charge in [0.1, 0.15) is 0 Å². The van der Waals surface area contributed by atoms with Gasteiger partial charge < -0.3 is 20.5 Å². The third-order valence-corrected chi connectivity index (χ3v) is 11.6. The molecule has 4 aliphatic carbocycles. The van der Waals surface area contributed by atoms with Gasteiger partial charge in [-0.2, -0.15) is 0 Å². The van der Waals surface area contributed by atoms with Crippen LogP contribution in [-0.2, 0) is 9.53 Å². The summed E-state index contributed by atoms with van der Waals surface area (Å²) in [5.41, 5.74) is 0.647. The number of fused-ring (bicyclic) bond motifs is 5. The van der Waals surface area contributed by atoms with Crippen molar-refractivity contribution in [3.05, 3.63) is 0 Å². The summed E-state index contributed by atoms with van der Waals surface area (Å²) in [5.74, 6) is 3.79. The van der Waals surface area contributed by atoms with Gasteiger partial charge in [0.25, 0.3) is 0 Å². The van der Waals surface area contributed by atoms with Gasteiger partial charge in [0.2, 0.25) is 0 Å². The molecule has 0 aromatic carbocycles. The summed E-state index contributed by atoms with van der Waals surface area (Å²) in [6.07, 6.45) is 11.2. The molecular formula is C30H54N2O3. The number of methoxy groups -OCH3 is 1. The highest BCUT2D eigenvalue weighted by Crippen LogP contribution is 2.68. The predicted octanol–water partition coefficient (Wildman–Crippen LogP) is 5.16. The molecule has 0 heterocycles. The lowest BCUT2D eigenvalue weighted by atomic mass is 9.43. The number of rotatable bonds is 9. The van der Waals surface area contributed by atoms with Crippen LogP contribution in [0.5, 0.6) is 0 Å². The molecule has 10 atom stereocenters. The van der Waals surface area contributed by atoms with Crippen molar-refractivity contribution in [2.24, 2.45) is 46.3 Å². The average Bonchev–Trinajstić information content (AvgIpc) is 3.18. The Bertz CT molecular complexity index is 728. The minimum Gasteiger partial charge on any atom is -0.469 e. The highest BCUT2D eigenvalue weighted by molar-refractivity contribution is 5.69. The van der Waals surface area contributed by atoms with Crippen LogP contribution in [0, 0.1) is 46.3 Å². The van der Waals surface area contributed by atoms with Gasteiger partial charge in [0.15, 0.2) is 0 Å². The number of nitrogens with one attached hydrogen (secondary N) is 2. The Morgan fingerprint density at radius 1 is 0.971 bits per heavy atom. The normalized spacial score (nSPS) is 43.8. The van der Waals surface area contributed by atoms with E-state index in [9.17, 15) is 9.90 Å². The lowest BCUT2D eigenvalue weighted by molar-refractivity contribution is -0.162. The van der Waals surface area contributed by atoms with Crippen LogP contribution in [0.4, 0.5) is 0 Å². The molecule has 0 amide bonds. The second kappa shape index (κ2) is 11.0. The lowest BCUT2D eigenvalue weighted by Gasteiger charge is -2.62. The first kappa shape index (κ1) is 27.4. The summed E-state index contributed by atoms with van der Waals surface area (Å²) in [4.78, 5) is 11.8. The largest absolute Gasteiger partial charge is 0.469 e. The Morgan fingerprint density at radius 3 is 2.40 bits per heavy atom. The summed E-state index contributed by atoms with van der Waals surface area (Å²) < 4.78 is 4.91. The minimum atomic E-state index is -0.155. The van der Waals surface area contributed by atoms with Gasteiger partial charge in [-0.15, -0.1) is 0 Å². The maximum absolute atomic E-state index is 11.8. The molecule has 4 fully saturated rings. The summed E-state index contributed by atoms with van der Waals surface area (Å²) in [6.45, 7) is 13.9. The fourth-order valence-corrected chi connectivity index (χ4v) is 9.75. The van der Waals surface area contributed by atoms with Crippen molar-refractivity contribution in [2.45, 2.75) is 117 Å². The zero-order valence-corrected chi connectivity index (χ0v) is 23.4. The van der Waals surface area contributed by atoms with Crippen LogP contribution in [0.3, 0.4) is 0 Å². The van der Waals surface area contributed by atoms with Crippen molar-refractivity contribution in [2.75, 3.05) is 20.2 Å². The van der Waals surface area contributed by atoms with Gasteiger partial charge in [-0.05, 0) is 104 Å². The summed E-state index contributed by atoms with van der Waals surface area (Å²) >= 11 is 0. The van der Waals surface area contributed by atoms with Gasteiger partial charge in [-0.3, -0.25) is 4.79 Å². The van der Waals surface area contributed by atoms with Crippen molar-refractivity contribution in [3.63, 3.8) is 0 Å². The lowest BCUT2D eigenvalue weighted by Crippen LogP contribution is -2.59. The molecular weight excluding hydrogens is 436 g/mol. The van der Waals surface area contributed by atoms with Crippen molar-refractivity contribution in [3.8, 4) is 0 Å². The first-order valence-electron chi connectivity index (χ1n) is 14.8. The number of hydrogen-bond acceptors (Lipinski definition) is 5. The molecule has 3 N–H and O–H groups in total. The fraction of sp³-hybridized carbons (Fsp3) is 0.967. The molecule has 0 radical (unpaired) electrons. The van der Waals surface area contributed by atoms with Crippen LogP contribution in [-0.4, -0.2) is 49.5 Å².